The van der Waals surface area contributed by atoms with Crippen molar-refractivity contribution in [1.82, 2.24) is 9.97 Å². The van der Waals surface area contributed by atoms with Crippen molar-refractivity contribution in [3.63, 3.8) is 0 Å². The molecule has 3 aromatic rings. The quantitative estimate of drug-likeness (QED) is 0.717. The Bertz CT molecular complexity index is 1010. The number of carbonyl (C=O) groups is 1. The fourth-order valence-corrected chi connectivity index (χ4v) is 4.11. The van der Waals surface area contributed by atoms with Crippen molar-refractivity contribution in [3.05, 3.63) is 54.5 Å². The Morgan fingerprint density at radius 1 is 1.11 bits per heavy atom. The summed E-state index contributed by atoms with van der Waals surface area (Å²) in [6, 6.07) is 12.2. The van der Waals surface area contributed by atoms with Crippen LogP contribution in [0.15, 0.2) is 48.8 Å². The third-order valence-electron chi connectivity index (χ3n) is 5.60. The summed E-state index contributed by atoms with van der Waals surface area (Å²) in [6.45, 7) is 2.35. The lowest BCUT2D eigenvalue weighted by molar-refractivity contribution is -0.117. The molecule has 136 valence electrons. The van der Waals surface area contributed by atoms with Crippen LogP contribution in [0.25, 0.3) is 22.0 Å². The van der Waals surface area contributed by atoms with Gasteiger partial charge in [-0.3, -0.25) is 14.8 Å². The van der Waals surface area contributed by atoms with Crippen molar-refractivity contribution in [2.75, 3.05) is 24.7 Å². The normalized spacial score (nSPS) is 17.5. The van der Waals surface area contributed by atoms with Gasteiger partial charge in [0.2, 0.25) is 5.91 Å². The number of nitrogens with zero attached hydrogens (tertiary/aromatic N) is 3. The smallest absolute Gasteiger partial charge is 0.233 e. The average Bonchev–Trinajstić information content (AvgIpc) is 3.03. The average molecular weight is 359 g/mol. The summed E-state index contributed by atoms with van der Waals surface area (Å²) in [5, 5.41) is 1.10. The largest absolute Gasteiger partial charge is 0.381 e. The molecule has 0 N–H and O–H groups in total. The number of amides is 1. The molecule has 27 heavy (non-hydrogen) atoms. The van der Waals surface area contributed by atoms with E-state index in [1.54, 1.807) is 0 Å². The summed E-state index contributed by atoms with van der Waals surface area (Å²) < 4.78 is 5.46. The number of benzene rings is 1. The Morgan fingerprint density at radius 3 is 2.85 bits per heavy atom. The van der Waals surface area contributed by atoms with Gasteiger partial charge < -0.3 is 9.64 Å². The zero-order valence-corrected chi connectivity index (χ0v) is 15.1. The van der Waals surface area contributed by atoms with Crippen molar-refractivity contribution in [3.8, 4) is 11.1 Å². The summed E-state index contributed by atoms with van der Waals surface area (Å²) >= 11 is 0. The molecule has 5 heteroatoms. The van der Waals surface area contributed by atoms with Crippen LogP contribution in [0, 0.1) is 5.92 Å². The van der Waals surface area contributed by atoms with E-state index in [-0.39, 0.29) is 5.91 Å². The molecule has 0 unspecified atom stereocenters. The number of anilines is 1. The minimum atomic E-state index is 0.153. The zero-order chi connectivity index (χ0) is 18.2. The van der Waals surface area contributed by atoms with Gasteiger partial charge in [-0.15, -0.1) is 0 Å². The summed E-state index contributed by atoms with van der Waals surface area (Å²) in [5.41, 5.74) is 4.94. The maximum atomic E-state index is 12.6. The number of hydrogen-bond donors (Lipinski definition) is 0. The molecule has 4 heterocycles. The number of pyridine rings is 2. The Morgan fingerprint density at radius 2 is 1.96 bits per heavy atom. The van der Waals surface area contributed by atoms with E-state index in [0.29, 0.717) is 12.3 Å². The number of hydrogen-bond acceptors (Lipinski definition) is 4. The van der Waals surface area contributed by atoms with Gasteiger partial charge in [0.25, 0.3) is 0 Å². The highest BCUT2D eigenvalue weighted by Gasteiger charge is 2.31. The van der Waals surface area contributed by atoms with Gasteiger partial charge >= 0.3 is 0 Å². The highest BCUT2D eigenvalue weighted by molar-refractivity contribution is 6.02. The van der Waals surface area contributed by atoms with Crippen LogP contribution in [0.5, 0.6) is 0 Å². The van der Waals surface area contributed by atoms with E-state index < -0.39 is 0 Å². The molecule has 1 aromatic carbocycles. The van der Waals surface area contributed by atoms with E-state index in [0.717, 1.165) is 66.0 Å². The lowest BCUT2D eigenvalue weighted by Crippen LogP contribution is -2.34. The maximum absolute atomic E-state index is 12.6. The number of rotatable bonds is 3. The summed E-state index contributed by atoms with van der Waals surface area (Å²) in [4.78, 5) is 23.6. The SMILES string of the molecule is O=C1Cc2ncc(-c3ccnc4ccccc34)cc2N1CC1CCOCC1. The van der Waals surface area contributed by atoms with Crippen LogP contribution < -0.4 is 4.90 Å². The van der Waals surface area contributed by atoms with E-state index >= 15 is 0 Å². The van der Waals surface area contributed by atoms with Crippen molar-refractivity contribution in [1.29, 1.82) is 0 Å². The molecule has 0 saturated carbocycles. The maximum Gasteiger partial charge on any atom is 0.233 e. The van der Waals surface area contributed by atoms with E-state index in [4.69, 9.17) is 4.74 Å². The first kappa shape index (κ1) is 16.4. The number of fused-ring (bicyclic) bond motifs is 2. The minimum absolute atomic E-state index is 0.153. The van der Waals surface area contributed by atoms with Gasteiger partial charge in [0.1, 0.15) is 0 Å². The Labute approximate surface area is 158 Å². The minimum Gasteiger partial charge on any atom is -0.381 e. The van der Waals surface area contributed by atoms with Gasteiger partial charge in [-0.25, -0.2) is 0 Å². The van der Waals surface area contributed by atoms with Gasteiger partial charge in [0.05, 0.1) is 23.3 Å². The standard InChI is InChI=1S/C22H21N3O2/c26-22-12-20-21(25(22)14-15-6-9-27-10-7-15)11-16(13-24-20)17-5-8-23-19-4-2-1-3-18(17)19/h1-5,8,11,13,15H,6-7,9-10,12,14H2. The van der Waals surface area contributed by atoms with Crippen molar-refractivity contribution in [2.24, 2.45) is 5.92 Å². The lowest BCUT2D eigenvalue weighted by Gasteiger charge is -2.27. The molecular weight excluding hydrogens is 338 g/mol. The van der Waals surface area contributed by atoms with E-state index in [1.807, 2.05) is 41.6 Å². The van der Waals surface area contributed by atoms with Crippen LogP contribution in [0.2, 0.25) is 0 Å². The van der Waals surface area contributed by atoms with Crippen LogP contribution in [0.1, 0.15) is 18.5 Å². The number of para-hydroxylation sites is 1. The molecule has 0 atom stereocenters. The van der Waals surface area contributed by atoms with E-state index in [2.05, 4.69) is 22.1 Å². The van der Waals surface area contributed by atoms with Gasteiger partial charge in [0.15, 0.2) is 0 Å². The molecule has 2 aliphatic heterocycles. The Hall–Kier alpha value is -2.79. The molecular formula is C22H21N3O2. The number of aromatic nitrogens is 2. The molecule has 0 bridgehead atoms. The van der Waals surface area contributed by atoms with Crippen LogP contribution >= 0.6 is 0 Å². The van der Waals surface area contributed by atoms with E-state index in [9.17, 15) is 4.79 Å². The predicted octanol–water partition coefficient (Wildman–Crippen LogP) is 3.61. The molecule has 2 aromatic heterocycles. The molecule has 0 spiro atoms. The lowest BCUT2D eigenvalue weighted by atomic mass is 9.99. The first-order chi connectivity index (χ1) is 13.3. The van der Waals surface area contributed by atoms with Gasteiger partial charge in [-0.05, 0) is 42.5 Å². The molecule has 5 nitrogen and oxygen atoms in total. The Kier molecular flexibility index (Phi) is 4.09. The number of ether oxygens (including phenoxy) is 1. The molecule has 1 saturated heterocycles. The third-order valence-corrected chi connectivity index (χ3v) is 5.60. The van der Waals surface area contributed by atoms with Crippen LogP contribution in [-0.4, -0.2) is 35.6 Å². The molecule has 0 aliphatic carbocycles. The van der Waals surface area contributed by atoms with Crippen LogP contribution in [0.4, 0.5) is 5.69 Å². The first-order valence-corrected chi connectivity index (χ1v) is 9.51. The van der Waals surface area contributed by atoms with Gasteiger partial charge in [-0.1, -0.05) is 18.2 Å². The fraction of sp³-hybridized carbons (Fsp3) is 0.318. The highest BCUT2D eigenvalue weighted by Crippen LogP contribution is 2.35. The fourth-order valence-electron chi connectivity index (χ4n) is 4.11. The van der Waals surface area contributed by atoms with Crippen LogP contribution in [-0.2, 0) is 16.0 Å². The molecule has 1 fully saturated rings. The summed E-state index contributed by atoms with van der Waals surface area (Å²) in [5.74, 6) is 0.653. The second-order valence-electron chi connectivity index (χ2n) is 7.30. The van der Waals surface area contributed by atoms with Crippen molar-refractivity contribution < 1.29 is 9.53 Å². The topological polar surface area (TPSA) is 55.3 Å². The van der Waals surface area contributed by atoms with Crippen LogP contribution in [0.3, 0.4) is 0 Å². The predicted molar refractivity (Wildman–Crippen MR) is 105 cm³/mol. The van der Waals surface area contributed by atoms with Gasteiger partial charge in [0, 0.05) is 43.1 Å². The first-order valence-electron chi connectivity index (χ1n) is 9.51. The summed E-state index contributed by atoms with van der Waals surface area (Å²) in [7, 11) is 0. The monoisotopic (exact) mass is 359 g/mol. The molecule has 1 amide bonds. The molecule has 0 radical (unpaired) electrons. The number of carbonyl (C=O) groups excluding carboxylic acids is 1. The highest BCUT2D eigenvalue weighted by atomic mass is 16.5. The van der Waals surface area contributed by atoms with Crippen molar-refractivity contribution in [2.45, 2.75) is 19.3 Å². The molecule has 2 aliphatic rings. The third kappa shape index (κ3) is 2.98. The second-order valence-corrected chi connectivity index (χ2v) is 7.30. The van der Waals surface area contributed by atoms with Crippen molar-refractivity contribution >= 4 is 22.5 Å². The van der Waals surface area contributed by atoms with Gasteiger partial charge in [-0.2, -0.15) is 0 Å². The Balaban J connectivity index is 1.53. The van der Waals surface area contributed by atoms with E-state index in [1.165, 1.54) is 0 Å². The molecule has 5 rings (SSSR count). The summed E-state index contributed by atoms with van der Waals surface area (Å²) in [6.07, 6.45) is 6.14. The zero-order valence-electron chi connectivity index (χ0n) is 15.1. The second kappa shape index (κ2) is 6.74.